The molecule has 0 aromatic heterocycles. The van der Waals surface area contributed by atoms with Crippen LogP contribution in [0.5, 0.6) is 0 Å². The van der Waals surface area contributed by atoms with Gasteiger partial charge in [-0.1, -0.05) is 148 Å². The second kappa shape index (κ2) is 44.1. The van der Waals surface area contributed by atoms with E-state index in [0.717, 1.165) is 77.2 Å². The number of carbonyl (C=O) groups is 3. The number of carbonyl (C=O) groups excluding carboxylic acids is 3. The molecule has 1 N–H and O–H groups in total. The first kappa shape index (κ1) is 55.6. The Morgan fingerprint density at radius 1 is 0.552 bits per heavy atom. The second-order valence-electron chi connectivity index (χ2n) is 15.9. The maximum Gasteiger partial charge on any atom is 0.407 e. The van der Waals surface area contributed by atoms with Crippen molar-refractivity contribution in [3.63, 3.8) is 0 Å². The minimum absolute atomic E-state index is 0.00356. The van der Waals surface area contributed by atoms with Crippen molar-refractivity contribution in [2.75, 3.05) is 59.7 Å². The van der Waals surface area contributed by atoms with E-state index in [2.05, 4.69) is 62.2 Å². The van der Waals surface area contributed by atoms with E-state index in [1.165, 1.54) is 77.0 Å². The lowest BCUT2D eigenvalue weighted by molar-refractivity contribution is -0.161. The Balaban J connectivity index is 4.77. The zero-order chi connectivity index (χ0) is 42.6. The highest BCUT2D eigenvalue weighted by Crippen LogP contribution is 2.14. The third-order valence-corrected chi connectivity index (χ3v) is 10.2. The van der Waals surface area contributed by atoms with Gasteiger partial charge in [0, 0.05) is 39.1 Å². The van der Waals surface area contributed by atoms with Gasteiger partial charge in [0.1, 0.15) is 19.8 Å². The molecule has 0 bridgehead atoms. The molecular formula is C48H90N2O8. The third-order valence-electron chi connectivity index (χ3n) is 10.2. The molecule has 0 aromatic rings. The van der Waals surface area contributed by atoms with Gasteiger partial charge in [0.05, 0.1) is 12.3 Å². The van der Waals surface area contributed by atoms with Crippen molar-refractivity contribution in [3.8, 4) is 0 Å². The van der Waals surface area contributed by atoms with Gasteiger partial charge in [-0.2, -0.15) is 0 Å². The largest absolute Gasteiger partial charge is 0.465 e. The number of nitrogens with one attached hydrogen (secondary N) is 1. The van der Waals surface area contributed by atoms with E-state index in [4.69, 9.17) is 23.7 Å². The summed E-state index contributed by atoms with van der Waals surface area (Å²) in [6.45, 7) is 11.9. The van der Waals surface area contributed by atoms with Gasteiger partial charge in [0.2, 0.25) is 0 Å². The van der Waals surface area contributed by atoms with Crippen LogP contribution in [-0.2, 0) is 33.3 Å². The molecule has 0 aliphatic heterocycles. The highest BCUT2D eigenvalue weighted by Gasteiger charge is 2.19. The topological polar surface area (TPSA) is 113 Å². The van der Waals surface area contributed by atoms with Gasteiger partial charge in [-0.25, -0.2) is 4.79 Å². The molecule has 1 atom stereocenters. The van der Waals surface area contributed by atoms with E-state index in [-0.39, 0.29) is 38.2 Å². The molecule has 0 spiro atoms. The van der Waals surface area contributed by atoms with Crippen molar-refractivity contribution in [3.05, 3.63) is 24.3 Å². The predicted molar refractivity (Wildman–Crippen MR) is 239 cm³/mol. The molecule has 10 heteroatoms. The van der Waals surface area contributed by atoms with Gasteiger partial charge >= 0.3 is 18.0 Å². The third kappa shape index (κ3) is 40.4. The van der Waals surface area contributed by atoms with Crippen molar-refractivity contribution < 1.29 is 38.1 Å². The summed E-state index contributed by atoms with van der Waals surface area (Å²) in [6, 6.07) is 0. The first-order chi connectivity index (χ1) is 28.4. The minimum atomic E-state index is -0.551. The average Bonchev–Trinajstić information content (AvgIpc) is 3.22. The number of esters is 2. The summed E-state index contributed by atoms with van der Waals surface area (Å²) in [5.74, 6) is -1.16. The number of amides is 1. The van der Waals surface area contributed by atoms with E-state index in [9.17, 15) is 14.4 Å². The van der Waals surface area contributed by atoms with E-state index in [0.29, 0.717) is 39.1 Å². The highest BCUT2D eigenvalue weighted by molar-refractivity contribution is 5.70. The van der Waals surface area contributed by atoms with Gasteiger partial charge in [-0.15, -0.1) is 0 Å². The summed E-state index contributed by atoms with van der Waals surface area (Å²) in [7, 11) is 1.98. The summed E-state index contributed by atoms with van der Waals surface area (Å²) in [6.07, 6.45) is 35.3. The van der Waals surface area contributed by atoms with Gasteiger partial charge in [-0.05, 0) is 65.0 Å². The number of rotatable bonds is 43. The fraction of sp³-hybridized carbons (Fsp3) is 0.854. The van der Waals surface area contributed by atoms with Crippen molar-refractivity contribution in [2.24, 2.45) is 5.92 Å². The Kier molecular flexibility index (Phi) is 42.3. The standard InChI is InChI=1S/C48H90N2O8/c1-6-10-13-16-19-20-21-22-23-24-25-26-27-28-31-34-45(51)56-41-44(43-58-48(53)49-37-38-50(5)9-4)42-57-46(52)35-36-47(54-39-32-29-17-14-11-7-2)55-40-33-30-18-15-12-8-3/h19-20,22-23,44,47H,6-18,21,24-43H2,1-5H3,(H,49,53)/b20-19-,23-22-. The van der Waals surface area contributed by atoms with Crippen LogP contribution in [0.3, 0.4) is 0 Å². The number of ether oxygens (including phenoxy) is 5. The van der Waals surface area contributed by atoms with Crippen LogP contribution in [-0.4, -0.2) is 88.9 Å². The molecule has 1 amide bonds. The average molecular weight is 823 g/mol. The van der Waals surface area contributed by atoms with Crippen LogP contribution in [0.15, 0.2) is 24.3 Å². The normalized spacial score (nSPS) is 12.3. The van der Waals surface area contributed by atoms with Crippen molar-refractivity contribution in [2.45, 2.75) is 201 Å². The predicted octanol–water partition coefficient (Wildman–Crippen LogP) is 12.0. The summed E-state index contributed by atoms with van der Waals surface area (Å²) in [5.41, 5.74) is 0. The lowest BCUT2D eigenvalue weighted by Crippen LogP contribution is -2.35. The van der Waals surface area contributed by atoms with Crippen LogP contribution in [0, 0.1) is 5.92 Å². The first-order valence-corrected chi connectivity index (χ1v) is 23.8. The van der Waals surface area contributed by atoms with Crippen molar-refractivity contribution in [1.82, 2.24) is 10.2 Å². The Labute approximate surface area is 356 Å². The number of likely N-dealkylation sites (N-methyl/N-ethyl adjacent to an activating group) is 1. The second-order valence-corrected chi connectivity index (χ2v) is 15.9. The molecule has 0 saturated heterocycles. The number of alkyl carbamates (subject to hydrolysis) is 1. The lowest BCUT2D eigenvalue weighted by atomic mass is 10.1. The van der Waals surface area contributed by atoms with Crippen LogP contribution in [0.2, 0.25) is 0 Å². The molecule has 0 rings (SSSR count). The first-order valence-electron chi connectivity index (χ1n) is 23.8. The van der Waals surface area contributed by atoms with E-state index in [1.54, 1.807) is 0 Å². The molecule has 0 fully saturated rings. The molecule has 0 radical (unpaired) electrons. The van der Waals surface area contributed by atoms with Crippen LogP contribution in [0.4, 0.5) is 4.79 Å². The Morgan fingerprint density at radius 2 is 1.02 bits per heavy atom. The van der Waals surface area contributed by atoms with Crippen molar-refractivity contribution in [1.29, 1.82) is 0 Å². The Morgan fingerprint density at radius 3 is 1.59 bits per heavy atom. The maximum absolute atomic E-state index is 12.9. The lowest BCUT2D eigenvalue weighted by Gasteiger charge is -2.20. The summed E-state index contributed by atoms with van der Waals surface area (Å²) in [5, 5.41) is 2.75. The van der Waals surface area contributed by atoms with Crippen LogP contribution in [0.1, 0.15) is 195 Å². The number of allylic oxidation sites excluding steroid dienone is 4. The SMILES string of the molecule is CCCCC/C=C\C/C=C\CCCCCCCC(=O)OCC(COC(=O)CCC(OCCCCCCCC)OCCCCCCCC)COC(=O)NCCN(C)CC. The molecule has 0 aliphatic rings. The van der Waals surface area contributed by atoms with Gasteiger partial charge in [0.15, 0.2) is 6.29 Å². The molecule has 0 aromatic carbocycles. The zero-order valence-corrected chi connectivity index (χ0v) is 38.2. The molecule has 58 heavy (non-hydrogen) atoms. The fourth-order valence-electron chi connectivity index (χ4n) is 6.19. The molecule has 1 unspecified atom stereocenters. The van der Waals surface area contributed by atoms with E-state index in [1.807, 2.05) is 7.05 Å². The van der Waals surface area contributed by atoms with E-state index >= 15 is 0 Å². The minimum Gasteiger partial charge on any atom is -0.465 e. The smallest absolute Gasteiger partial charge is 0.407 e. The van der Waals surface area contributed by atoms with Gasteiger partial charge in [0.25, 0.3) is 0 Å². The molecule has 340 valence electrons. The van der Waals surface area contributed by atoms with Gasteiger partial charge < -0.3 is 33.9 Å². The number of nitrogens with zero attached hydrogens (tertiary/aromatic N) is 1. The molecule has 0 heterocycles. The number of unbranched alkanes of at least 4 members (excludes halogenated alkanes) is 18. The summed E-state index contributed by atoms with van der Waals surface area (Å²) >= 11 is 0. The van der Waals surface area contributed by atoms with Crippen LogP contribution in [0.25, 0.3) is 0 Å². The molecular weight excluding hydrogens is 733 g/mol. The Hall–Kier alpha value is -2.43. The molecule has 0 aliphatic carbocycles. The monoisotopic (exact) mass is 823 g/mol. The fourth-order valence-corrected chi connectivity index (χ4v) is 6.19. The van der Waals surface area contributed by atoms with Crippen molar-refractivity contribution >= 4 is 18.0 Å². The molecule has 10 nitrogen and oxygen atoms in total. The number of hydrogen-bond acceptors (Lipinski definition) is 9. The van der Waals surface area contributed by atoms with Crippen LogP contribution < -0.4 is 5.32 Å². The molecule has 0 saturated carbocycles. The maximum atomic E-state index is 12.9. The zero-order valence-electron chi connectivity index (χ0n) is 38.2. The quantitative estimate of drug-likeness (QED) is 0.0211. The Bertz CT molecular complexity index is 973. The van der Waals surface area contributed by atoms with Crippen LogP contribution >= 0.6 is 0 Å². The summed E-state index contributed by atoms with van der Waals surface area (Å²) < 4.78 is 28.8. The van der Waals surface area contributed by atoms with Gasteiger partial charge in [-0.3, -0.25) is 9.59 Å². The summed E-state index contributed by atoms with van der Waals surface area (Å²) in [4.78, 5) is 40.0. The highest BCUT2D eigenvalue weighted by atomic mass is 16.7. The van der Waals surface area contributed by atoms with E-state index < -0.39 is 18.3 Å². The number of hydrogen-bond donors (Lipinski definition) is 1.